The van der Waals surface area contributed by atoms with Crippen molar-refractivity contribution in [1.29, 1.82) is 4.78 Å². The van der Waals surface area contributed by atoms with Crippen molar-refractivity contribution in [3.63, 3.8) is 0 Å². The second kappa shape index (κ2) is 12.6. The van der Waals surface area contributed by atoms with Crippen molar-refractivity contribution < 1.29 is 23.3 Å². The minimum atomic E-state index is -3.06. The zero-order chi connectivity index (χ0) is 32.8. The molecule has 0 aliphatic heterocycles. The lowest BCUT2D eigenvalue weighted by atomic mass is 9.86. The Morgan fingerprint density at radius 2 is 1.74 bits per heavy atom. The first kappa shape index (κ1) is 32.5. The van der Waals surface area contributed by atoms with E-state index in [-0.39, 0.29) is 35.3 Å². The number of benzene rings is 1. The van der Waals surface area contributed by atoms with Gasteiger partial charge in [-0.2, -0.15) is 4.68 Å². The largest absolute Gasteiger partial charge is 0.447 e. The molecule has 2 aromatic heterocycles. The van der Waals surface area contributed by atoms with Crippen LogP contribution in [0, 0.1) is 4.78 Å². The lowest BCUT2D eigenvalue weighted by Gasteiger charge is -2.28. The summed E-state index contributed by atoms with van der Waals surface area (Å²) >= 11 is 1.59. The van der Waals surface area contributed by atoms with Crippen LogP contribution in [0.2, 0.25) is 0 Å². The molecule has 46 heavy (non-hydrogen) atoms. The van der Waals surface area contributed by atoms with Crippen molar-refractivity contribution in [2.75, 3.05) is 5.32 Å². The third-order valence-electron chi connectivity index (χ3n) is 8.40. The molecule has 3 aromatic rings. The molecule has 1 amide bonds. The van der Waals surface area contributed by atoms with Crippen LogP contribution in [0.4, 0.5) is 21.1 Å². The quantitative estimate of drug-likeness (QED) is 0.207. The fraction of sp³-hybridized carbons (Fsp3) is 0.576. The number of carbonyl (C=O) groups is 2. The average molecular weight is 669 g/mol. The van der Waals surface area contributed by atoms with E-state index in [1.54, 1.807) is 17.4 Å². The number of anilines is 2. The normalized spacial score (nSPS) is 21.4. The summed E-state index contributed by atoms with van der Waals surface area (Å²) in [4.78, 5) is 31.1. The predicted octanol–water partition coefficient (Wildman–Crippen LogP) is 8.14. The van der Waals surface area contributed by atoms with Crippen LogP contribution in [-0.2, 0) is 19.2 Å². The maximum absolute atomic E-state index is 13.9. The fourth-order valence-corrected chi connectivity index (χ4v) is 9.02. The van der Waals surface area contributed by atoms with Gasteiger partial charge in [-0.15, -0.1) is 16.4 Å². The highest BCUT2D eigenvalue weighted by molar-refractivity contribution is 7.93. The first-order chi connectivity index (χ1) is 21.8. The van der Waals surface area contributed by atoms with E-state index in [9.17, 15) is 13.8 Å². The zero-order valence-electron chi connectivity index (χ0n) is 27.1. The molecule has 3 N–H and O–H groups in total. The highest BCUT2D eigenvalue weighted by Crippen LogP contribution is 2.44. The summed E-state index contributed by atoms with van der Waals surface area (Å²) in [6.07, 6.45) is 7.88. The molecule has 0 saturated heterocycles. The Balaban J connectivity index is 1.21. The standard InChI is InChI=1S/C33H44N6O5S2/c1-19(2)43-31(40)37-22-10-8-21(9-11-22)30-35-18-27(45-30)25-15-12-23(16-28(25)46(34,42)24-13-14-24)36-29-17-26(20-6-7-20)39(38-29)32(41)44-33(3,4)5/h12,15-22,24,34H,6-11,13-14H2,1-5H3,(H,36,38)(H,37,40)/t21-,22-,46?. The summed E-state index contributed by atoms with van der Waals surface area (Å²) in [5.41, 5.74) is 1.59. The molecular formula is C33H44N6O5S2. The molecular weight excluding hydrogens is 625 g/mol. The van der Waals surface area contributed by atoms with Crippen molar-refractivity contribution in [2.24, 2.45) is 0 Å². The van der Waals surface area contributed by atoms with Gasteiger partial charge in [-0.1, -0.05) is 6.07 Å². The van der Waals surface area contributed by atoms with Gasteiger partial charge in [0.25, 0.3) is 0 Å². The topological polar surface area (TPSA) is 148 Å². The number of nitrogens with zero attached hydrogens (tertiary/aromatic N) is 3. The SMILES string of the molecule is CC(C)OC(=O)N[C@H]1CC[C@H](c2ncc(-c3ccc(Nc4cc(C5CC5)n(C(=O)OC(C)(C)C)n4)cc3S(=N)(=O)C3CC3)s2)CC1. The van der Waals surface area contributed by atoms with Gasteiger partial charge >= 0.3 is 12.2 Å². The number of ether oxygens (including phenoxy) is 2. The number of rotatable bonds is 9. The first-order valence-corrected chi connectivity index (χ1v) is 18.7. The van der Waals surface area contributed by atoms with Gasteiger partial charge in [-0.05, 0) is 98.1 Å². The van der Waals surface area contributed by atoms with Crippen LogP contribution in [0.1, 0.15) is 109 Å². The molecule has 248 valence electrons. The van der Waals surface area contributed by atoms with Crippen LogP contribution >= 0.6 is 11.3 Å². The summed E-state index contributed by atoms with van der Waals surface area (Å²) in [6.45, 7) is 9.16. The van der Waals surface area contributed by atoms with Crippen LogP contribution in [-0.4, -0.2) is 54.2 Å². The van der Waals surface area contributed by atoms with Crippen molar-refractivity contribution in [2.45, 2.75) is 126 Å². The molecule has 0 bridgehead atoms. The van der Waals surface area contributed by atoms with Crippen LogP contribution in [0.15, 0.2) is 35.4 Å². The number of nitrogens with one attached hydrogen (secondary N) is 3. The minimum absolute atomic E-state index is 0.0935. The number of amides is 1. The average Bonchev–Trinajstić information content (AvgIpc) is 3.91. The lowest BCUT2D eigenvalue weighted by molar-refractivity contribution is 0.0509. The van der Waals surface area contributed by atoms with Gasteiger partial charge in [0, 0.05) is 46.6 Å². The maximum atomic E-state index is 13.9. The van der Waals surface area contributed by atoms with Gasteiger partial charge in [0.15, 0.2) is 5.82 Å². The fourth-order valence-electron chi connectivity index (χ4n) is 5.86. The van der Waals surface area contributed by atoms with E-state index in [0.29, 0.717) is 16.4 Å². The van der Waals surface area contributed by atoms with Crippen molar-refractivity contribution in [3.8, 4) is 10.4 Å². The second-order valence-corrected chi connectivity index (χ2v) is 17.3. The Hall–Kier alpha value is -3.45. The Kier molecular flexibility index (Phi) is 8.92. The summed E-state index contributed by atoms with van der Waals surface area (Å²) in [5, 5.41) is 11.7. The maximum Gasteiger partial charge on any atom is 0.435 e. The number of carbonyl (C=O) groups excluding carboxylic acids is 2. The van der Waals surface area contributed by atoms with Gasteiger partial charge in [0.1, 0.15) is 5.60 Å². The molecule has 3 aliphatic rings. The molecule has 3 aliphatic carbocycles. The molecule has 3 fully saturated rings. The van der Waals surface area contributed by atoms with E-state index in [1.807, 2.05) is 59.0 Å². The number of hydrogen-bond acceptors (Lipinski definition) is 10. The van der Waals surface area contributed by atoms with Crippen LogP contribution in [0.3, 0.4) is 0 Å². The molecule has 1 unspecified atom stereocenters. The third-order valence-corrected chi connectivity index (χ3v) is 12.0. The Bertz CT molecular complexity index is 1710. The molecule has 1 atom stereocenters. The molecule has 0 spiro atoms. The Labute approximate surface area is 274 Å². The van der Waals surface area contributed by atoms with Gasteiger partial charge in [0.05, 0.1) is 36.3 Å². The van der Waals surface area contributed by atoms with Gasteiger partial charge < -0.3 is 20.1 Å². The number of alkyl carbamates (subject to hydrolysis) is 1. The lowest BCUT2D eigenvalue weighted by Crippen LogP contribution is -2.38. The van der Waals surface area contributed by atoms with E-state index in [0.717, 1.165) is 72.5 Å². The number of thiazole rings is 1. The Morgan fingerprint density at radius 1 is 1.04 bits per heavy atom. The summed E-state index contributed by atoms with van der Waals surface area (Å²) in [5.74, 6) is 1.05. The van der Waals surface area contributed by atoms with Crippen LogP contribution < -0.4 is 10.6 Å². The summed E-state index contributed by atoms with van der Waals surface area (Å²) in [6, 6.07) is 7.59. The molecule has 0 radical (unpaired) electrons. The van der Waals surface area contributed by atoms with Crippen LogP contribution in [0.25, 0.3) is 10.4 Å². The van der Waals surface area contributed by atoms with Crippen molar-refractivity contribution in [1.82, 2.24) is 20.1 Å². The molecule has 6 rings (SSSR count). The molecule has 13 heteroatoms. The molecule has 3 saturated carbocycles. The highest BCUT2D eigenvalue weighted by atomic mass is 32.2. The number of aromatic nitrogens is 3. The highest BCUT2D eigenvalue weighted by Gasteiger charge is 2.36. The van der Waals surface area contributed by atoms with Crippen LogP contribution in [0.5, 0.6) is 0 Å². The summed E-state index contributed by atoms with van der Waals surface area (Å²) in [7, 11) is -3.06. The first-order valence-electron chi connectivity index (χ1n) is 16.2. The second-order valence-electron chi connectivity index (χ2n) is 14.0. The number of hydrogen-bond donors (Lipinski definition) is 3. The smallest absolute Gasteiger partial charge is 0.435 e. The van der Waals surface area contributed by atoms with E-state index < -0.39 is 21.4 Å². The van der Waals surface area contributed by atoms with Gasteiger partial charge in [0.2, 0.25) is 0 Å². The third kappa shape index (κ3) is 7.57. The molecule has 2 heterocycles. The van der Waals surface area contributed by atoms with Gasteiger partial charge in [-0.25, -0.2) is 23.6 Å². The van der Waals surface area contributed by atoms with Crippen molar-refractivity contribution in [3.05, 3.63) is 41.2 Å². The molecule has 11 nitrogen and oxygen atoms in total. The predicted molar refractivity (Wildman–Crippen MR) is 179 cm³/mol. The minimum Gasteiger partial charge on any atom is -0.447 e. The zero-order valence-corrected chi connectivity index (χ0v) is 28.8. The van der Waals surface area contributed by atoms with E-state index in [2.05, 4.69) is 15.7 Å². The van der Waals surface area contributed by atoms with E-state index in [1.165, 1.54) is 4.68 Å². The Morgan fingerprint density at radius 3 is 2.37 bits per heavy atom. The van der Waals surface area contributed by atoms with Gasteiger partial charge in [-0.3, -0.25) is 0 Å². The summed E-state index contributed by atoms with van der Waals surface area (Å²) < 4.78 is 35.1. The van der Waals surface area contributed by atoms with Crippen molar-refractivity contribution >= 4 is 44.8 Å². The monoisotopic (exact) mass is 668 g/mol. The van der Waals surface area contributed by atoms with E-state index >= 15 is 0 Å². The van der Waals surface area contributed by atoms with E-state index in [4.69, 9.17) is 19.2 Å². The molecule has 1 aromatic carbocycles.